The van der Waals surface area contributed by atoms with Crippen molar-refractivity contribution in [2.75, 3.05) is 25.1 Å². The van der Waals surface area contributed by atoms with Gasteiger partial charge in [0.1, 0.15) is 5.75 Å². The summed E-state index contributed by atoms with van der Waals surface area (Å²) < 4.78 is 9.53. The Kier molecular flexibility index (Phi) is 5.01. The van der Waals surface area contributed by atoms with E-state index in [4.69, 9.17) is 4.74 Å². The smallest absolute Gasteiger partial charge is 0.437 e. The summed E-state index contributed by atoms with van der Waals surface area (Å²) in [5, 5.41) is 0. The minimum Gasteiger partial charge on any atom is -0.437 e. The number of ether oxygens (including phenoxy) is 2. The highest BCUT2D eigenvalue weighted by molar-refractivity contribution is 5.67. The zero-order chi connectivity index (χ0) is 13.7. The zero-order valence-corrected chi connectivity index (χ0v) is 11.7. The summed E-state index contributed by atoms with van der Waals surface area (Å²) in [6.07, 6.45) is -0.690. The number of benzene rings is 1. The van der Waals surface area contributed by atoms with Gasteiger partial charge >= 0.3 is 6.16 Å². The highest BCUT2D eigenvalue weighted by Crippen LogP contribution is 2.29. The molecule has 0 spiro atoms. The van der Waals surface area contributed by atoms with Crippen LogP contribution in [0.25, 0.3) is 0 Å². The van der Waals surface area contributed by atoms with Crippen LogP contribution >= 0.6 is 0 Å². The van der Waals surface area contributed by atoms with Crippen LogP contribution in [0, 0.1) is 13.8 Å². The van der Waals surface area contributed by atoms with E-state index in [2.05, 4.69) is 23.5 Å². The Labute approximate surface area is 108 Å². The summed E-state index contributed by atoms with van der Waals surface area (Å²) >= 11 is 0. The summed E-state index contributed by atoms with van der Waals surface area (Å²) in [5.41, 5.74) is 3.40. The normalized spacial score (nSPS) is 10.1. The quantitative estimate of drug-likeness (QED) is 0.608. The molecule has 0 heterocycles. The third kappa shape index (κ3) is 3.15. The predicted molar refractivity (Wildman–Crippen MR) is 72.5 cm³/mol. The van der Waals surface area contributed by atoms with Crippen LogP contribution in [0.5, 0.6) is 5.75 Å². The van der Waals surface area contributed by atoms with E-state index < -0.39 is 6.16 Å². The van der Waals surface area contributed by atoms with E-state index in [-0.39, 0.29) is 0 Å². The molecule has 0 aliphatic carbocycles. The van der Waals surface area contributed by atoms with Crippen molar-refractivity contribution in [1.29, 1.82) is 0 Å². The van der Waals surface area contributed by atoms with E-state index in [1.54, 1.807) is 0 Å². The lowest BCUT2D eigenvalue weighted by Gasteiger charge is -2.25. The molecule has 0 saturated carbocycles. The van der Waals surface area contributed by atoms with E-state index in [0.29, 0.717) is 5.75 Å². The van der Waals surface area contributed by atoms with Crippen LogP contribution in [0.3, 0.4) is 0 Å². The number of carbonyl (C=O) groups is 1. The maximum Gasteiger partial charge on any atom is 0.513 e. The minimum absolute atomic E-state index is 0.521. The van der Waals surface area contributed by atoms with Crippen LogP contribution in [-0.2, 0) is 4.74 Å². The molecule has 0 fully saturated rings. The van der Waals surface area contributed by atoms with E-state index >= 15 is 0 Å². The minimum atomic E-state index is -0.690. The molecule has 1 rings (SSSR count). The molecular weight excluding hydrogens is 230 g/mol. The topological polar surface area (TPSA) is 38.8 Å². The molecule has 0 aromatic heterocycles. The number of carbonyl (C=O) groups excluding carboxylic acids is 1. The monoisotopic (exact) mass is 251 g/mol. The Morgan fingerprint density at radius 2 is 1.67 bits per heavy atom. The molecule has 0 aliphatic heterocycles. The molecule has 0 aliphatic rings. The molecule has 18 heavy (non-hydrogen) atoms. The summed E-state index contributed by atoms with van der Waals surface area (Å²) in [5.74, 6) is 0.521. The molecule has 4 nitrogen and oxygen atoms in total. The molecule has 100 valence electrons. The largest absolute Gasteiger partial charge is 0.513 e. The van der Waals surface area contributed by atoms with Crippen molar-refractivity contribution < 1.29 is 14.3 Å². The van der Waals surface area contributed by atoms with E-state index in [9.17, 15) is 4.79 Å². The number of methoxy groups -OCH3 is 1. The lowest BCUT2D eigenvalue weighted by atomic mass is 10.1. The molecule has 0 radical (unpaired) electrons. The zero-order valence-electron chi connectivity index (χ0n) is 11.7. The fourth-order valence-corrected chi connectivity index (χ4v) is 2.15. The molecule has 1 aromatic carbocycles. The van der Waals surface area contributed by atoms with Gasteiger partial charge in [-0.1, -0.05) is 0 Å². The highest BCUT2D eigenvalue weighted by Gasteiger charge is 2.12. The molecule has 4 heteroatoms. The Bertz CT molecular complexity index is 402. The predicted octanol–water partition coefficient (Wildman–Crippen LogP) is 3.29. The second kappa shape index (κ2) is 6.28. The molecular formula is C14H21NO3. The van der Waals surface area contributed by atoms with Gasteiger partial charge in [-0.3, -0.25) is 0 Å². The fraction of sp³-hybridized carbons (Fsp3) is 0.500. The number of rotatable bonds is 4. The Morgan fingerprint density at radius 3 is 2.06 bits per heavy atom. The van der Waals surface area contributed by atoms with E-state index in [1.165, 1.54) is 12.8 Å². The van der Waals surface area contributed by atoms with Gasteiger partial charge in [0.15, 0.2) is 0 Å². The molecule has 0 N–H and O–H groups in total. The Balaban J connectivity index is 3.08. The summed E-state index contributed by atoms with van der Waals surface area (Å²) in [6, 6.07) is 3.72. The van der Waals surface area contributed by atoms with Gasteiger partial charge in [-0.2, -0.15) is 0 Å². The molecule has 0 saturated heterocycles. The van der Waals surface area contributed by atoms with Gasteiger partial charge in [-0.25, -0.2) is 4.79 Å². The van der Waals surface area contributed by atoms with Crippen LogP contribution in [0.15, 0.2) is 12.1 Å². The first-order chi connectivity index (χ1) is 8.53. The van der Waals surface area contributed by atoms with Crippen LogP contribution in [-0.4, -0.2) is 26.4 Å². The molecule has 1 aromatic rings. The number of aryl methyl sites for hydroxylation is 2. The maximum absolute atomic E-state index is 11.1. The fourth-order valence-electron chi connectivity index (χ4n) is 2.15. The van der Waals surface area contributed by atoms with E-state index in [1.807, 2.05) is 26.0 Å². The van der Waals surface area contributed by atoms with E-state index in [0.717, 1.165) is 24.2 Å². The van der Waals surface area contributed by atoms with Crippen molar-refractivity contribution in [2.24, 2.45) is 0 Å². The van der Waals surface area contributed by atoms with Gasteiger partial charge in [-0.15, -0.1) is 0 Å². The second-order valence-corrected chi connectivity index (χ2v) is 4.13. The molecule has 0 unspecified atom stereocenters. The molecule has 0 amide bonds. The van der Waals surface area contributed by atoms with Crippen molar-refractivity contribution in [3.8, 4) is 5.75 Å². The summed E-state index contributed by atoms with van der Waals surface area (Å²) in [6.45, 7) is 10.2. The van der Waals surface area contributed by atoms with Gasteiger partial charge in [-0.05, 0) is 51.0 Å². The van der Waals surface area contributed by atoms with Crippen LogP contribution in [0.1, 0.15) is 25.0 Å². The third-order valence-electron chi connectivity index (χ3n) is 2.91. The number of hydrogen-bond acceptors (Lipinski definition) is 4. The average Bonchev–Trinajstić information content (AvgIpc) is 2.33. The lowest BCUT2D eigenvalue weighted by Crippen LogP contribution is -2.23. The lowest BCUT2D eigenvalue weighted by molar-refractivity contribution is 0.121. The summed E-state index contributed by atoms with van der Waals surface area (Å²) in [7, 11) is 1.30. The van der Waals surface area contributed by atoms with Crippen molar-refractivity contribution in [3.63, 3.8) is 0 Å². The number of anilines is 1. The van der Waals surface area contributed by atoms with Crippen molar-refractivity contribution in [3.05, 3.63) is 23.3 Å². The first kappa shape index (κ1) is 14.4. The van der Waals surface area contributed by atoms with Gasteiger partial charge in [0.05, 0.1) is 7.11 Å². The number of hydrogen-bond donors (Lipinski definition) is 0. The van der Waals surface area contributed by atoms with Gasteiger partial charge in [0.2, 0.25) is 0 Å². The van der Waals surface area contributed by atoms with Gasteiger partial charge < -0.3 is 14.4 Å². The molecule has 0 atom stereocenters. The maximum atomic E-state index is 11.1. The first-order valence-electron chi connectivity index (χ1n) is 6.15. The van der Waals surface area contributed by atoms with Crippen molar-refractivity contribution in [1.82, 2.24) is 0 Å². The van der Waals surface area contributed by atoms with Crippen molar-refractivity contribution in [2.45, 2.75) is 27.7 Å². The number of nitrogens with zero attached hydrogens (tertiary/aromatic N) is 1. The third-order valence-corrected chi connectivity index (χ3v) is 2.91. The van der Waals surface area contributed by atoms with Gasteiger partial charge in [0.25, 0.3) is 0 Å². The van der Waals surface area contributed by atoms with Crippen molar-refractivity contribution >= 4 is 11.8 Å². The van der Waals surface area contributed by atoms with Gasteiger partial charge in [0, 0.05) is 18.8 Å². The van der Waals surface area contributed by atoms with Crippen LogP contribution in [0.2, 0.25) is 0 Å². The summed E-state index contributed by atoms with van der Waals surface area (Å²) in [4.78, 5) is 13.4. The Morgan fingerprint density at radius 1 is 1.17 bits per heavy atom. The second-order valence-electron chi connectivity index (χ2n) is 4.13. The van der Waals surface area contributed by atoms with Crippen LogP contribution < -0.4 is 9.64 Å². The first-order valence-corrected chi connectivity index (χ1v) is 6.15. The highest BCUT2D eigenvalue weighted by atomic mass is 16.7. The molecule has 0 bridgehead atoms. The standard InChI is InChI=1S/C14H21NO3/c1-6-15(7-2)13-10(3)8-12(9-11(13)4)18-14(16)17-5/h8-9H,6-7H2,1-5H3. The SMILES string of the molecule is CCN(CC)c1c(C)cc(OC(=O)OC)cc1C. The van der Waals surface area contributed by atoms with Crippen LogP contribution in [0.4, 0.5) is 10.5 Å². The Hall–Kier alpha value is -1.71. The average molecular weight is 251 g/mol.